The van der Waals surface area contributed by atoms with Crippen molar-refractivity contribution in [3.8, 4) is 0 Å². The topological polar surface area (TPSA) is 50.7 Å². The van der Waals surface area contributed by atoms with Crippen LogP contribution in [0.25, 0.3) is 0 Å². The molecule has 2 aromatic heterocycles. The summed E-state index contributed by atoms with van der Waals surface area (Å²) in [6, 6.07) is 2.18. The number of nitrogens with one attached hydrogen (secondary N) is 1. The van der Waals surface area contributed by atoms with Crippen molar-refractivity contribution in [3.05, 3.63) is 40.2 Å². The van der Waals surface area contributed by atoms with Crippen molar-refractivity contribution < 1.29 is 0 Å². The van der Waals surface area contributed by atoms with Gasteiger partial charge in [-0.15, -0.1) is 5.10 Å². The summed E-state index contributed by atoms with van der Waals surface area (Å²) in [6.07, 6.45) is 3.77. The Morgan fingerprint density at radius 3 is 2.79 bits per heavy atom. The molecule has 1 atom stereocenters. The van der Waals surface area contributed by atoms with Crippen LogP contribution >= 0.6 is 11.5 Å². The molecule has 0 saturated heterocycles. The zero-order chi connectivity index (χ0) is 13.8. The van der Waals surface area contributed by atoms with Crippen LogP contribution in [0.1, 0.15) is 54.4 Å². The minimum atomic E-state index is 0.135. The lowest BCUT2D eigenvalue weighted by Crippen LogP contribution is -2.23. The maximum atomic E-state index is 4.28. The molecule has 2 heterocycles. The van der Waals surface area contributed by atoms with Crippen LogP contribution in [0.2, 0.25) is 0 Å². The fraction of sp³-hybridized carbons (Fsp3) is 0.500. The number of aryl methyl sites for hydroxylation is 1. The Morgan fingerprint density at radius 1 is 1.37 bits per heavy atom. The van der Waals surface area contributed by atoms with E-state index in [1.165, 1.54) is 27.5 Å². The fourth-order valence-electron chi connectivity index (χ4n) is 2.13. The first-order chi connectivity index (χ1) is 9.15. The highest BCUT2D eigenvalue weighted by Crippen LogP contribution is 2.31. The Hall–Kier alpha value is -1.33. The van der Waals surface area contributed by atoms with Crippen LogP contribution in [0.5, 0.6) is 0 Å². The predicted molar refractivity (Wildman–Crippen MR) is 78.5 cm³/mol. The minimum absolute atomic E-state index is 0.135. The maximum Gasteiger partial charge on any atom is 0.0832 e. The summed E-state index contributed by atoms with van der Waals surface area (Å²) in [5, 5.41) is 7.81. The van der Waals surface area contributed by atoms with E-state index in [4.69, 9.17) is 0 Å². The van der Waals surface area contributed by atoms with E-state index in [0.29, 0.717) is 5.92 Å². The average molecular weight is 276 g/mol. The summed E-state index contributed by atoms with van der Waals surface area (Å²) in [6.45, 7) is 9.43. The molecule has 2 aromatic rings. The van der Waals surface area contributed by atoms with E-state index in [1.807, 2.05) is 18.5 Å². The molecule has 5 heteroatoms. The van der Waals surface area contributed by atoms with Crippen LogP contribution in [0.15, 0.2) is 18.5 Å². The smallest absolute Gasteiger partial charge is 0.0832 e. The first-order valence-corrected chi connectivity index (χ1v) is 7.38. The van der Waals surface area contributed by atoms with E-state index >= 15 is 0 Å². The second-order valence-electron chi connectivity index (χ2n) is 4.90. The molecule has 2 rings (SSSR count). The van der Waals surface area contributed by atoms with Crippen LogP contribution in [-0.4, -0.2) is 21.1 Å². The van der Waals surface area contributed by atoms with E-state index in [2.05, 4.69) is 47.6 Å². The van der Waals surface area contributed by atoms with Gasteiger partial charge in [-0.1, -0.05) is 25.3 Å². The molecule has 4 nitrogen and oxygen atoms in total. The number of rotatable bonds is 5. The Morgan fingerprint density at radius 2 is 2.16 bits per heavy atom. The third kappa shape index (κ3) is 2.98. The second kappa shape index (κ2) is 6.21. The van der Waals surface area contributed by atoms with Gasteiger partial charge in [0.05, 0.1) is 16.6 Å². The largest absolute Gasteiger partial charge is 0.306 e. The highest BCUT2D eigenvalue weighted by atomic mass is 32.1. The summed E-state index contributed by atoms with van der Waals surface area (Å²) >= 11 is 1.48. The van der Waals surface area contributed by atoms with Crippen molar-refractivity contribution in [3.63, 3.8) is 0 Å². The highest BCUT2D eigenvalue weighted by molar-refractivity contribution is 7.05. The Kier molecular flexibility index (Phi) is 4.61. The van der Waals surface area contributed by atoms with Crippen molar-refractivity contribution in [1.29, 1.82) is 0 Å². The molecule has 102 valence electrons. The SMILES string of the molecule is CCNC(c1cnccc1C)c1snnc1C(C)C. The third-order valence-electron chi connectivity index (χ3n) is 3.15. The number of pyridine rings is 1. The number of hydrogen-bond donors (Lipinski definition) is 1. The quantitative estimate of drug-likeness (QED) is 0.912. The van der Waals surface area contributed by atoms with Gasteiger partial charge in [-0.3, -0.25) is 4.98 Å². The summed E-state index contributed by atoms with van der Waals surface area (Å²) in [4.78, 5) is 5.46. The van der Waals surface area contributed by atoms with Gasteiger partial charge < -0.3 is 5.32 Å². The monoisotopic (exact) mass is 276 g/mol. The number of nitrogens with zero attached hydrogens (tertiary/aromatic N) is 3. The molecule has 0 aromatic carbocycles. The van der Waals surface area contributed by atoms with Gasteiger partial charge in [0.15, 0.2) is 0 Å². The molecule has 0 radical (unpaired) electrons. The normalized spacial score (nSPS) is 12.9. The zero-order valence-electron chi connectivity index (χ0n) is 11.8. The number of aromatic nitrogens is 3. The van der Waals surface area contributed by atoms with E-state index in [0.717, 1.165) is 12.2 Å². The molecule has 0 aliphatic heterocycles. The Labute approximate surface area is 118 Å². The first kappa shape index (κ1) is 14.1. The Bertz CT molecular complexity index is 536. The number of hydrogen-bond acceptors (Lipinski definition) is 5. The molecule has 19 heavy (non-hydrogen) atoms. The van der Waals surface area contributed by atoms with Gasteiger partial charge in [0, 0.05) is 12.4 Å². The predicted octanol–water partition coefficient (Wildman–Crippen LogP) is 3.06. The van der Waals surface area contributed by atoms with Crippen molar-refractivity contribution in [2.24, 2.45) is 0 Å². The van der Waals surface area contributed by atoms with Crippen molar-refractivity contribution in [2.75, 3.05) is 6.54 Å². The summed E-state index contributed by atoms with van der Waals surface area (Å²) in [7, 11) is 0. The van der Waals surface area contributed by atoms with Gasteiger partial charge in [0.1, 0.15) is 0 Å². The van der Waals surface area contributed by atoms with Gasteiger partial charge in [-0.25, -0.2) is 0 Å². The lowest BCUT2D eigenvalue weighted by Gasteiger charge is -2.19. The Balaban J connectivity index is 2.46. The average Bonchev–Trinajstić information content (AvgIpc) is 2.86. The van der Waals surface area contributed by atoms with Gasteiger partial charge >= 0.3 is 0 Å². The zero-order valence-corrected chi connectivity index (χ0v) is 12.7. The van der Waals surface area contributed by atoms with Gasteiger partial charge in [-0.2, -0.15) is 0 Å². The van der Waals surface area contributed by atoms with E-state index in [-0.39, 0.29) is 6.04 Å². The van der Waals surface area contributed by atoms with Crippen LogP contribution in [0.4, 0.5) is 0 Å². The molecule has 0 saturated carbocycles. The third-order valence-corrected chi connectivity index (χ3v) is 3.95. The molecule has 0 fully saturated rings. The van der Waals surface area contributed by atoms with Gasteiger partial charge in [-0.05, 0) is 48.1 Å². The van der Waals surface area contributed by atoms with Crippen molar-refractivity contribution in [1.82, 2.24) is 19.9 Å². The second-order valence-corrected chi connectivity index (χ2v) is 5.69. The lowest BCUT2D eigenvalue weighted by atomic mass is 9.98. The highest BCUT2D eigenvalue weighted by Gasteiger charge is 2.23. The molecule has 0 amide bonds. The standard InChI is InChI=1S/C14H20N4S/c1-5-16-13(11-8-15-7-6-10(11)4)14-12(9(2)3)17-18-19-14/h6-9,13,16H,5H2,1-4H3. The molecule has 0 aliphatic rings. The van der Waals surface area contributed by atoms with E-state index < -0.39 is 0 Å². The molecule has 1 unspecified atom stereocenters. The molecular formula is C14H20N4S. The maximum absolute atomic E-state index is 4.28. The summed E-state index contributed by atoms with van der Waals surface area (Å²) in [5.74, 6) is 0.381. The minimum Gasteiger partial charge on any atom is -0.306 e. The van der Waals surface area contributed by atoms with Gasteiger partial charge in [0.2, 0.25) is 0 Å². The van der Waals surface area contributed by atoms with Crippen LogP contribution in [0.3, 0.4) is 0 Å². The van der Waals surface area contributed by atoms with Crippen molar-refractivity contribution in [2.45, 2.75) is 39.7 Å². The lowest BCUT2D eigenvalue weighted by molar-refractivity contribution is 0.621. The van der Waals surface area contributed by atoms with E-state index in [1.54, 1.807) is 0 Å². The molecule has 1 N–H and O–H groups in total. The molecular weight excluding hydrogens is 256 g/mol. The van der Waals surface area contributed by atoms with Crippen LogP contribution in [0, 0.1) is 6.92 Å². The van der Waals surface area contributed by atoms with Gasteiger partial charge in [0.25, 0.3) is 0 Å². The summed E-state index contributed by atoms with van der Waals surface area (Å²) < 4.78 is 4.13. The van der Waals surface area contributed by atoms with E-state index in [9.17, 15) is 0 Å². The molecule has 0 bridgehead atoms. The van der Waals surface area contributed by atoms with Crippen LogP contribution in [-0.2, 0) is 0 Å². The fourth-order valence-corrected chi connectivity index (χ4v) is 3.03. The molecule has 0 spiro atoms. The van der Waals surface area contributed by atoms with Crippen molar-refractivity contribution >= 4 is 11.5 Å². The first-order valence-electron chi connectivity index (χ1n) is 6.61. The van der Waals surface area contributed by atoms with Crippen LogP contribution < -0.4 is 5.32 Å². The molecule has 0 aliphatic carbocycles. The summed E-state index contributed by atoms with van der Waals surface area (Å²) in [5.41, 5.74) is 3.53.